The highest BCUT2D eigenvalue weighted by Gasteiger charge is 2.36. The molecule has 1 aliphatic rings. The van der Waals surface area contributed by atoms with Gasteiger partial charge in [-0.05, 0) is 11.1 Å². The van der Waals surface area contributed by atoms with Crippen molar-refractivity contribution in [3.8, 4) is 0 Å². The van der Waals surface area contributed by atoms with E-state index in [1.165, 1.54) is 17.3 Å². The number of hydrogen-bond acceptors (Lipinski definition) is 6. The average Bonchev–Trinajstić information content (AvgIpc) is 2.90. The van der Waals surface area contributed by atoms with Gasteiger partial charge in [0.25, 0.3) is 5.56 Å². The second-order valence-corrected chi connectivity index (χ2v) is 7.41. The molecule has 25 heavy (non-hydrogen) atoms. The maximum atomic E-state index is 12.8. The number of carbonyl (C=O) groups excluding carboxylic acids is 1. The molecular weight excluding hydrogens is 396 g/mol. The van der Waals surface area contributed by atoms with Gasteiger partial charge in [-0.1, -0.05) is 36.7 Å². The molecule has 0 amide bonds. The van der Waals surface area contributed by atoms with Crippen molar-refractivity contribution in [2.45, 2.75) is 45.6 Å². The second-order valence-electron chi connectivity index (χ2n) is 6.88. The fourth-order valence-electron chi connectivity index (χ4n) is 2.54. The molecule has 0 spiro atoms. The standard InChI is InChI=1S/C16H21BrN2O6/c1-16(2,3)14(23)19-13(22)9(4-5-17)7-18(15(19)24)12-6-10(21)11(8-20)25-12/h4-5,7,10-12,20-21H,6,8H2,1-3H3/t10-,11+,12+/m0/s1. The third kappa shape index (κ3) is 3.84. The molecule has 138 valence electrons. The van der Waals surface area contributed by atoms with E-state index in [9.17, 15) is 24.6 Å². The molecular formula is C16H21BrN2O6. The molecule has 1 aromatic heterocycles. The zero-order chi connectivity index (χ0) is 18.9. The Morgan fingerprint density at radius 2 is 2.08 bits per heavy atom. The Morgan fingerprint density at radius 3 is 2.56 bits per heavy atom. The Labute approximate surface area is 152 Å². The van der Waals surface area contributed by atoms with Crippen LogP contribution in [0.3, 0.4) is 0 Å². The van der Waals surface area contributed by atoms with Crippen molar-refractivity contribution in [1.29, 1.82) is 0 Å². The summed E-state index contributed by atoms with van der Waals surface area (Å²) in [4.78, 5) is 39.4. The van der Waals surface area contributed by atoms with Crippen molar-refractivity contribution in [3.63, 3.8) is 0 Å². The summed E-state index contributed by atoms with van der Waals surface area (Å²) in [7, 11) is 0. The average molecular weight is 417 g/mol. The second kappa shape index (κ2) is 7.36. The van der Waals surface area contributed by atoms with Crippen molar-refractivity contribution >= 4 is 27.9 Å². The zero-order valence-electron chi connectivity index (χ0n) is 14.2. The van der Waals surface area contributed by atoms with E-state index in [4.69, 9.17) is 4.74 Å². The predicted molar refractivity (Wildman–Crippen MR) is 94.6 cm³/mol. The summed E-state index contributed by atoms with van der Waals surface area (Å²) in [5, 5.41) is 19.1. The van der Waals surface area contributed by atoms with Crippen LogP contribution in [0.5, 0.6) is 0 Å². The number of aromatic nitrogens is 2. The van der Waals surface area contributed by atoms with E-state index < -0.39 is 47.6 Å². The number of aliphatic hydroxyl groups is 2. The highest BCUT2D eigenvalue weighted by Crippen LogP contribution is 2.27. The summed E-state index contributed by atoms with van der Waals surface area (Å²) in [5.41, 5.74) is -2.40. The third-order valence-electron chi connectivity index (χ3n) is 3.92. The first-order valence-corrected chi connectivity index (χ1v) is 8.67. The van der Waals surface area contributed by atoms with Gasteiger partial charge in [0.1, 0.15) is 12.3 Å². The summed E-state index contributed by atoms with van der Waals surface area (Å²) >= 11 is 3.07. The van der Waals surface area contributed by atoms with Crippen molar-refractivity contribution < 1.29 is 19.7 Å². The van der Waals surface area contributed by atoms with Crippen LogP contribution in [0.2, 0.25) is 0 Å². The molecule has 1 aromatic rings. The summed E-state index contributed by atoms with van der Waals surface area (Å²) in [6, 6.07) is 0. The maximum absolute atomic E-state index is 12.8. The summed E-state index contributed by atoms with van der Waals surface area (Å²) < 4.78 is 7.17. The first kappa shape index (κ1) is 19.8. The van der Waals surface area contributed by atoms with Crippen molar-refractivity contribution in [3.05, 3.63) is 37.6 Å². The Balaban J connectivity index is 2.66. The number of aliphatic hydroxyl groups excluding tert-OH is 2. The number of hydrogen-bond donors (Lipinski definition) is 2. The van der Waals surface area contributed by atoms with Gasteiger partial charge in [0.2, 0.25) is 5.91 Å². The summed E-state index contributed by atoms with van der Waals surface area (Å²) in [6.07, 6.45) is 0.0964. The normalized spacial score (nSPS) is 24.2. The lowest BCUT2D eigenvalue weighted by Gasteiger charge is -2.21. The molecule has 8 nitrogen and oxygen atoms in total. The molecule has 3 atom stereocenters. The molecule has 0 bridgehead atoms. The van der Waals surface area contributed by atoms with Crippen LogP contribution in [0.15, 0.2) is 20.8 Å². The van der Waals surface area contributed by atoms with Crippen LogP contribution in [-0.2, 0) is 4.74 Å². The lowest BCUT2D eigenvalue weighted by atomic mass is 9.95. The van der Waals surface area contributed by atoms with E-state index in [0.29, 0.717) is 4.57 Å². The molecule has 0 aliphatic carbocycles. The van der Waals surface area contributed by atoms with Gasteiger partial charge in [0.05, 0.1) is 18.3 Å². The first-order valence-electron chi connectivity index (χ1n) is 7.76. The Bertz CT molecular complexity index is 804. The van der Waals surface area contributed by atoms with Gasteiger partial charge < -0.3 is 14.9 Å². The van der Waals surface area contributed by atoms with E-state index in [2.05, 4.69) is 15.9 Å². The minimum atomic E-state index is -0.948. The number of carbonyl (C=O) groups is 1. The van der Waals surface area contributed by atoms with E-state index in [-0.39, 0.29) is 12.0 Å². The first-order chi connectivity index (χ1) is 11.6. The van der Waals surface area contributed by atoms with Gasteiger partial charge in [0, 0.05) is 18.0 Å². The van der Waals surface area contributed by atoms with Gasteiger partial charge >= 0.3 is 5.69 Å². The molecule has 2 rings (SSSR count). The van der Waals surface area contributed by atoms with Gasteiger partial charge in [-0.2, -0.15) is 4.57 Å². The number of halogens is 1. The quantitative estimate of drug-likeness (QED) is 0.750. The fourth-order valence-corrected chi connectivity index (χ4v) is 2.83. The Hall–Kier alpha value is -1.55. The Kier molecular flexibility index (Phi) is 5.82. The molecule has 2 heterocycles. The molecule has 1 fully saturated rings. The van der Waals surface area contributed by atoms with Gasteiger partial charge in [-0.15, -0.1) is 0 Å². The Morgan fingerprint density at radius 1 is 1.44 bits per heavy atom. The summed E-state index contributed by atoms with van der Waals surface area (Å²) in [6.45, 7) is 4.42. The van der Waals surface area contributed by atoms with E-state index in [0.717, 1.165) is 4.57 Å². The van der Waals surface area contributed by atoms with Crippen LogP contribution in [0.4, 0.5) is 0 Å². The van der Waals surface area contributed by atoms with Crippen LogP contribution in [0.25, 0.3) is 6.08 Å². The monoisotopic (exact) mass is 416 g/mol. The molecule has 2 N–H and O–H groups in total. The van der Waals surface area contributed by atoms with E-state index in [1.54, 1.807) is 20.8 Å². The minimum absolute atomic E-state index is 0.0600. The highest BCUT2D eigenvalue weighted by molar-refractivity contribution is 9.11. The molecule has 1 saturated heterocycles. The topological polar surface area (TPSA) is 111 Å². The van der Waals surface area contributed by atoms with Crippen molar-refractivity contribution in [2.75, 3.05) is 6.61 Å². The fraction of sp³-hybridized carbons (Fsp3) is 0.562. The molecule has 9 heteroatoms. The lowest BCUT2D eigenvalue weighted by Crippen LogP contribution is -2.48. The molecule has 0 saturated carbocycles. The largest absolute Gasteiger partial charge is 0.394 e. The van der Waals surface area contributed by atoms with E-state index in [1.807, 2.05) is 0 Å². The van der Waals surface area contributed by atoms with Crippen molar-refractivity contribution in [2.24, 2.45) is 5.41 Å². The molecule has 0 radical (unpaired) electrons. The molecule has 0 aromatic carbocycles. The molecule has 1 aliphatic heterocycles. The van der Waals surface area contributed by atoms with Gasteiger partial charge in [-0.25, -0.2) is 4.79 Å². The lowest BCUT2D eigenvalue weighted by molar-refractivity contribution is -0.0462. The smallest absolute Gasteiger partial charge is 0.340 e. The van der Waals surface area contributed by atoms with Crippen LogP contribution < -0.4 is 11.2 Å². The predicted octanol–water partition coefficient (Wildman–Crippen LogP) is 0.703. The van der Waals surface area contributed by atoms with Gasteiger partial charge in [-0.3, -0.25) is 14.2 Å². The molecule has 0 unspecified atom stereocenters. The highest BCUT2D eigenvalue weighted by atomic mass is 79.9. The van der Waals surface area contributed by atoms with E-state index >= 15 is 0 Å². The SMILES string of the molecule is CC(C)(C)C(=O)n1c(=O)c(C=CBr)cn([C@H]2C[C@H](O)[C@@H](CO)O2)c1=O. The van der Waals surface area contributed by atoms with Crippen molar-refractivity contribution in [1.82, 2.24) is 9.13 Å². The van der Waals surface area contributed by atoms with Crippen LogP contribution >= 0.6 is 15.9 Å². The minimum Gasteiger partial charge on any atom is -0.394 e. The summed E-state index contributed by atoms with van der Waals surface area (Å²) in [5.74, 6) is -0.640. The number of nitrogens with zero attached hydrogens (tertiary/aromatic N) is 2. The van der Waals surface area contributed by atoms with Crippen LogP contribution in [0.1, 0.15) is 43.8 Å². The number of ether oxygens (including phenoxy) is 1. The zero-order valence-corrected chi connectivity index (χ0v) is 15.8. The maximum Gasteiger partial charge on any atom is 0.340 e. The van der Waals surface area contributed by atoms with Crippen LogP contribution in [0, 0.1) is 5.41 Å². The van der Waals surface area contributed by atoms with Crippen LogP contribution in [-0.4, -0.2) is 44.1 Å². The number of rotatable bonds is 3. The van der Waals surface area contributed by atoms with Gasteiger partial charge in [0.15, 0.2) is 0 Å². The third-order valence-corrected chi connectivity index (χ3v) is 4.19.